The van der Waals surface area contributed by atoms with Crippen LogP contribution in [0.3, 0.4) is 0 Å². The molecule has 0 bridgehead atoms. The fraction of sp³-hybridized carbons (Fsp3) is 0.444. The number of aromatic nitrogens is 2. The zero-order chi connectivity index (χ0) is 20.5. The van der Waals surface area contributed by atoms with E-state index in [1.165, 1.54) is 42.4 Å². The van der Waals surface area contributed by atoms with Gasteiger partial charge >= 0.3 is 6.55 Å². The molecule has 1 aliphatic carbocycles. The van der Waals surface area contributed by atoms with Crippen LogP contribution in [-0.2, 0) is 21.2 Å². The lowest BCUT2D eigenvalue weighted by molar-refractivity contribution is -0.133. The highest BCUT2D eigenvalue weighted by Gasteiger charge is 2.54. The number of benzene rings is 1. The molecule has 0 N–H and O–H groups in total. The van der Waals surface area contributed by atoms with Gasteiger partial charge in [-0.3, -0.25) is 9.36 Å². The Kier molecular flexibility index (Phi) is 5.77. The molecule has 3 rings (SSSR count). The van der Waals surface area contributed by atoms with E-state index in [2.05, 4.69) is 4.98 Å². The number of rotatable bonds is 6. The molecule has 1 heterocycles. The molecule has 6 nitrogen and oxygen atoms in total. The number of halogens is 3. The lowest BCUT2D eigenvalue weighted by Crippen LogP contribution is -2.51. The molecule has 10 heteroatoms. The molecule has 152 valence electrons. The van der Waals surface area contributed by atoms with Gasteiger partial charge in [-0.2, -0.15) is 8.78 Å². The number of nitrogens with zero attached hydrogens (tertiary/aromatic N) is 3. The zero-order valence-corrected chi connectivity index (χ0v) is 16.8. The number of amides is 1. The average molecular weight is 432 g/mol. The molecular weight excluding hydrogens is 412 g/mol. The lowest BCUT2D eigenvalue weighted by Gasteiger charge is -2.32. The van der Waals surface area contributed by atoms with Crippen molar-refractivity contribution in [3.8, 4) is 0 Å². The van der Waals surface area contributed by atoms with E-state index in [4.69, 9.17) is 11.6 Å². The maximum Gasteiger partial charge on any atom is 0.319 e. The summed E-state index contributed by atoms with van der Waals surface area (Å²) in [6.45, 7) is -3.01. The second-order valence-corrected chi connectivity index (χ2v) is 9.54. The molecule has 0 atom stereocenters. The Morgan fingerprint density at radius 2 is 1.89 bits per heavy atom. The molecule has 1 aromatic heterocycles. The summed E-state index contributed by atoms with van der Waals surface area (Å²) < 4.78 is 51.8. The number of sulfone groups is 1. The zero-order valence-electron chi connectivity index (χ0n) is 15.2. The van der Waals surface area contributed by atoms with Crippen LogP contribution in [0, 0.1) is 0 Å². The first-order valence-electron chi connectivity index (χ1n) is 8.75. The van der Waals surface area contributed by atoms with Gasteiger partial charge in [0, 0.05) is 24.5 Å². The van der Waals surface area contributed by atoms with Crippen LogP contribution in [0.25, 0.3) is 0 Å². The number of imidazole rings is 1. The minimum Gasteiger partial charge on any atom is -0.337 e. The molecule has 2 aromatic rings. The van der Waals surface area contributed by atoms with Gasteiger partial charge in [0.1, 0.15) is 5.82 Å². The smallest absolute Gasteiger partial charge is 0.319 e. The number of alkyl halides is 2. The van der Waals surface area contributed by atoms with Gasteiger partial charge in [0.05, 0.1) is 11.4 Å². The van der Waals surface area contributed by atoms with E-state index in [0.717, 1.165) is 6.20 Å². The summed E-state index contributed by atoms with van der Waals surface area (Å²) in [5.74, 6) is -0.619. The van der Waals surface area contributed by atoms with Gasteiger partial charge in [-0.1, -0.05) is 24.4 Å². The van der Waals surface area contributed by atoms with Crippen molar-refractivity contribution in [2.75, 3.05) is 7.05 Å². The maximum absolute atomic E-state index is 13.4. The molecule has 1 aromatic carbocycles. The van der Waals surface area contributed by atoms with Crippen LogP contribution in [0.15, 0.2) is 41.6 Å². The summed E-state index contributed by atoms with van der Waals surface area (Å²) in [6, 6.07) is 5.69. The van der Waals surface area contributed by atoms with E-state index >= 15 is 0 Å². The Bertz CT molecular complexity index is 955. The predicted octanol–water partition coefficient (Wildman–Crippen LogP) is 3.68. The quantitative estimate of drug-likeness (QED) is 0.699. The first-order valence-corrected chi connectivity index (χ1v) is 10.6. The molecule has 1 saturated carbocycles. The van der Waals surface area contributed by atoms with E-state index in [0.29, 0.717) is 22.4 Å². The molecule has 0 spiro atoms. The van der Waals surface area contributed by atoms with E-state index in [1.54, 1.807) is 0 Å². The van der Waals surface area contributed by atoms with Gasteiger partial charge in [0.15, 0.2) is 14.6 Å². The molecule has 0 radical (unpaired) electrons. The van der Waals surface area contributed by atoms with Crippen LogP contribution in [0.5, 0.6) is 0 Å². The first-order chi connectivity index (χ1) is 13.2. The van der Waals surface area contributed by atoms with E-state index in [1.807, 2.05) is 0 Å². The Morgan fingerprint density at radius 1 is 1.29 bits per heavy atom. The molecule has 0 unspecified atom stereocenters. The predicted molar refractivity (Wildman–Crippen MR) is 99.8 cm³/mol. The first kappa shape index (κ1) is 20.7. The van der Waals surface area contributed by atoms with E-state index in [9.17, 15) is 22.0 Å². The minimum atomic E-state index is -3.99. The molecule has 0 saturated heterocycles. The molecular formula is C18H20ClF2N3O3S. The standard InChI is InChI=1S/C18H20ClF2N3O3S/c1-23(12-15-22-10-11-24(15)17(20)21)16(25)18(8-2-3-9-18)28(26,27)14-6-4-13(19)5-7-14/h4-7,10-11,17H,2-3,8-9,12H2,1H3. The van der Waals surface area contributed by atoms with Crippen LogP contribution in [0.2, 0.25) is 5.02 Å². The second kappa shape index (κ2) is 7.79. The number of carbonyl (C=O) groups excluding carboxylic acids is 1. The number of hydrogen-bond donors (Lipinski definition) is 0. The third kappa shape index (κ3) is 3.53. The largest absolute Gasteiger partial charge is 0.337 e. The highest BCUT2D eigenvalue weighted by atomic mass is 35.5. The van der Waals surface area contributed by atoms with Crippen molar-refractivity contribution in [3.05, 3.63) is 47.5 Å². The summed E-state index contributed by atoms with van der Waals surface area (Å²) >= 11 is 5.85. The van der Waals surface area contributed by atoms with Gasteiger partial charge in [-0.25, -0.2) is 13.4 Å². The van der Waals surface area contributed by atoms with Gasteiger partial charge in [-0.15, -0.1) is 0 Å². The second-order valence-electron chi connectivity index (χ2n) is 6.85. The van der Waals surface area contributed by atoms with Crippen molar-refractivity contribution in [1.29, 1.82) is 0 Å². The monoisotopic (exact) mass is 431 g/mol. The summed E-state index contributed by atoms with van der Waals surface area (Å²) in [5.41, 5.74) is 0. The summed E-state index contributed by atoms with van der Waals surface area (Å²) in [6.07, 6.45) is 3.90. The number of carbonyl (C=O) groups is 1. The Hall–Kier alpha value is -2.00. The van der Waals surface area contributed by atoms with Crippen molar-refractivity contribution in [2.24, 2.45) is 0 Å². The number of hydrogen-bond acceptors (Lipinski definition) is 4. The molecule has 0 aliphatic heterocycles. The van der Waals surface area contributed by atoms with Crippen LogP contribution < -0.4 is 0 Å². The van der Waals surface area contributed by atoms with Crippen LogP contribution in [0.1, 0.15) is 38.1 Å². The summed E-state index contributed by atoms with van der Waals surface area (Å²) in [5, 5.41) is 0.390. The molecule has 1 amide bonds. The Labute approximate surface area is 167 Å². The highest BCUT2D eigenvalue weighted by molar-refractivity contribution is 7.93. The molecule has 28 heavy (non-hydrogen) atoms. The van der Waals surface area contributed by atoms with Gasteiger partial charge < -0.3 is 4.90 Å². The van der Waals surface area contributed by atoms with E-state index in [-0.39, 0.29) is 30.1 Å². The fourth-order valence-corrected chi connectivity index (χ4v) is 5.94. The normalized spacial score (nSPS) is 16.5. The molecule has 1 fully saturated rings. The Balaban J connectivity index is 1.93. The van der Waals surface area contributed by atoms with Crippen molar-refractivity contribution in [2.45, 2.75) is 48.4 Å². The lowest BCUT2D eigenvalue weighted by atomic mass is 10.1. The average Bonchev–Trinajstić information content (AvgIpc) is 3.31. The van der Waals surface area contributed by atoms with Crippen LogP contribution in [-0.4, -0.2) is 40.6 Å². The Morgan fingerprint density at radius 3 is 2.46 bits per heavy atom. The molecule has 1 aliphatic rings. The van der Waals surface area contributed by atoms with Crippen molar-refractivity contribution in [3.63, 3.8) is 0 Å². The fourth-order valence-electron chi connectivity index (χ4n) is 3.66. The van der Waals surface area contributed by atoms with Crippen LogP contribution >= 0.6 is 11.6 Å². The third-order valence-electron chi connectivity index (χ3n) is 5.12. The minimum absolute atomic E-state index is 0.0112. The van der Waals surface area contributed by atoms with Gasteiger partial charge in [0.25, 0.3) is 0 Å². The SMILES string of the molecule is CN(Cc1nccn1C(F)F)C(=O)C1(S(=O)(=O)c2ccc(Cl)cc2)CCCC1. The van der Waals surface area contributed by atoms with E-state index < -0.39 is 27.0 Å². The van der Waals surface area contributed by atoms with Crippen molar-refractivity contribution in [1.82, 2.24) is 14.5 Å². The highest BCUT2D eigenvalue weighted by Crippen LogP contribution is 2.42. The van der Waals surface area contributed by atoms with Crippen LogP contribution in [0.4, 0.5) is 8.78 Å². The van der Waals surface area contributed by atoms with Crippen molar-refractivity contribution < 1.29 is 22.0 Å². The van der Waals surface area contributed by atoms with Gasteiger partial charge in [0.2, 0.25) is 5.91 Å². The summed E-state index contributed by atoms with van der Waals surface area (Å²) in [7, 11) is -2.58. The maximum atomic E-state index is 13.4. The third-order valence-corrected chi connectivity index (χ3v) is 7.88. The summed E-state index contributed by atoms with van der Waals surface area (Å²) in [4.78, 5) is 18.3. The van der Waals surface area contributed by atoms with Gasteiger partial charge in [-0.05, 0) is 37.1 Å². The van der Waals surface area contributed by atoms with Crippen molar-refractivity contribution >= 4 is 27.3 Å². The topological polar surface area (TPSA) is 72.3 Å².